The van der Waals surface area contributed by atoms with E-state index in [0.717, 1.165) is 10.2 Å². The first-order chi connectivity index (χ1) is 6.75. The summed E-state index contributed by atoms with van der Waals surface area (Å²) < 4.78 is 1.46. The van der Waals surface area contributed by atoms with E-state index in [9.17, 15) is 0 Å². The summed E-state index contributed by atoms with van der Waals surface area (Å²) in [6.07, 6.45) is 0. The molecule has 0 aromatic carbocycles. The van der Waals surface area contributed by atoms with Crippen molar-refractivity contribution >= 4 is 33.1 Å². The predicted octanol–water partition coefficient (Wildman–Crippen LogP) is 0.288. The number of nitrogens with two attached hydrogens (primary N) is 2. The number of anilines is 2. The van der Waals surface area contributed by atoms with Gasteiger partial charge in [0, 0.05) is 5.39 Å². The number of aliphatic hydroxyl groups is 1. The van der Waals surface area contributed by atoms with Crippen LogP contribution in [0, 0.1) is 0 Å². The smallest absolute Gasteiger partial charge is 0.165 e. The molecule has 5 N–H and O–H groups in total. The van der Waals surface area contributed by atoms with Crippen LogP contribution in [0.5, 0.6) is 0 Å². The summed E-state index contributed by atoms with van der Waals surface area (Å²) in [6, 6.07) is 1.89. The van der Waals surface area contributed by atoms with Gasteiger partial charge in [-0.15, -0.1) is 11.3 Å². The van der Waals surface area contributed by atoms with Gasteiger partial charge in [0.05, 0.1) is 12.3 Å². The number of rotatable bonds is 3. The van der Waals surface area contributed by atoms with Crippen molar-refractivity contribution < 1.29 is 9.94 Å². The molecule has 0 atom stereocenters. The van der Waals surface area contributed by atoms with Crippen LogP contribution in [0.2, 0.25) is 0 Å². The van der Waals surface area contributed by atoms with Crippen LogP contribution < -0.4 is 16.3 Å². The highest BCUT2D eigenvalue weighted by molar-refractivity contribution is 7.17. The summed E-state index contributed by atoms with van der Waals surface area (Å²) in [4.78, 5) is 6.12. The summed E-state index contributed by atoms with van der Waals surface area (Å²) in [5.74, 6) is 0.389. The molecule has 0 saturated heterocycles. The van der Waals surface area contributed by atoms with Crippen molar-refractivity contribution in [1.82, 2.24) is 4.73 Å². The van der Waals surface area contributed by atoms with E-state index in [1.54, 1.807) is 0 Å². The number of thiophene rings is 1. The van der Waals surface area contributed by atoms with E-state index in [4.69, 9.17) is 21.4 Å². The minimum atomic E-state index is -0.0512. The van der Waals surface area contributed by atoms with Crippen molar-refractivity contribution in [2.24, 2.45) is 0 Å². The Morgan fingerprint density at radius 1 is 1.50 bits per heavy atom. The Labute approximate surface area is 84.4 Å². The van der Waals surface area contributed by atoms with Crippen LogP contribution in [0.3, 0.4) is 0 Å². The number of fused-ring (bicyclic) bond motifs is 1. The zero-order valence-electron chi connectivity index (χ0n) is 7.43. The van der Waals surface area contributed by atoms with Crippen LogP contribution in [0.1, 0.15) is 0 Å². The summed E-state index contributed by atoms with van der Waals surface area (Å²) in [5.41, 5.74) is 12.0. The first-order valence-electron chi connectivity index (χ1n) is 4.12. The molecule has 0 spiro atoms. The average molecular weight is 213 g/mol. The third-order valence-electron chi connectivity index (χ3n) is 1.93. The Morgan fingerprint density at radius 2 is 2.29 bits per heavy atom. The number of aliphatic hydroxyl groups excluding tert-OH is 1. The van der Waals surface area contributed by atoms with Gasteiger partial charge in [-0.3, -0.25) is 0 Å². The third kappa shape index (κ3) is 1.19. The Hall–Kier alpha value is -1.40. The molecular weight excluding hydrogens is 202 g/mol. The van der Waals surface area contributed by atoms with Crippen LogP contribution in [-0.2, 0) is 0 Å². The molecular formula is C8H11N3O2S. The molecule has 5 nitrogen and oxygen atoms in total. The SMILES string of the molecule is Nc1c(N)n(OCCO)c2sccc12. The van der Waals surface area contributed by atoms with Gasteiger partial charge in [0.15, 0.2) is 5.82 Å². The van der Waals surface area contributed by atoms with Gasteiger partial charge in [0.25, 0.3) is 0 Å². The number of hydrogen-bond donors (Lipinski definition) is 3. The van der Waals surface area contributed by atoms with Crippen LogP contribution in [0.25, 0.3) is 10.2 Å². The van der Waals surface area contributed by atoms with E-state index < -0.39 is 0 Å². The molecule has 76 valence electrons. The van der Waals surface area contributed by atoms with Gasteiger partial charge >= 0.3 is 0 Å². The van der Waals surface area contributed by atoms with Crippen molar-refractivity contribution in [3.8, 4) is 0 Å². The highest BCUT2D eigenvalue weighted by Crippen LogP contribution is 2.33. The second-order valence-corrected chi connectivity index (χ2v) is 3.68. The minimum absolute atomic E-state index is 0.0512. The molecule has 2 aromatic heterocycles. The van der Waals surface area contributed by atoms with Crippen molar-refractivity contribution in [3.05, 3.63) is 11.4 Å². The fraction of sp³-hybridized carbons (Fsp3) is 0.250. The van der Waals surface area contributed by atoms with E-state index in [1.807, 2.05) is 11.4 Å². The average Bonchev–Trinajstić information content (AvgIpc) is 2.72. The Kier molecular flexibility index (Phi) is 2.22. The summed E-state index contributed by atoms with van der Waals surface area (Å²) in [5, 5.41) is 11.5. The van der Waals surface area contributed by atoms with E-state index in [0.29, 0.717) is 11.5 Å². The lowest BCUT2D eigenvalue weighted by Crippen LogP contribution is -2.16. The summed E-state index contributed by atoms with van der Waals surface area (Å²) >= 11 is 1.50. The second kappa shape index (κ2) is 3.39. The highest BCUT2D eigenvalue weighted by Gasteiger charge is 2.14. The van der Waals surface area contributed by atoms with Crippen molar-refractivity contribution in [2.75, 3.05) is 24.7 Å². The molecule has 14 heavy (non-hydrogen) atoms. The van der Waals surface area contributed by atoms with Crippen molar-refractivity contribution in [3.63, 3.8) is 0 Å². The zero-order valence-corrected chi connectivity index (χ0v) is 8.25. The van der Waals surface area contributed by atoms with Gasteiger partial charge in [-0.2, -0.15) is 4.73 Å². The van der Waals surface area contributed by atoms with Crippen molar-refractivity contribution in [2.45, 2.75) is 0 Å². The molecule has 0 aliphatic carbocycles. The van der Waals surface area contributed by atoms with Gasteiger partial charge < -0.3 is 21.4 Å². The molecule has 0 amide bonds. The summed E-state index contributed by atoms with van der Waals surface area (Å²) in [7, 11) is 0. The van der Waals surface area contributed by atoms with Gasteiger partial charge in [-0.25, -0.2) is 0 Å². The number of nitrogen functional groups attached to an aromatic ring is 2. The van der Waals surface area contributed by atoms with Crippen LogP contribution in [-0.4, -0.2) is 23.1 Å². The number of aromatic nitrogens is 1. The molecule has 2 heterocycles. The van der Waals surface area contributed by atoms with Gasteiger partial charge in [0.2, 0.25) is 0 Å². The predicted molar refractivity (Wildman–Crippen MR) is 57.2 cm³/mol. The topological polar surface area (TPSA) is 86.4 Å². The number of nitrogens with zero attached hydrogens (tertiary/aromatic N) is 1. The first-order valence-corrected chi connectivity index (χ1v) is 5.00. The molecule has 0 saturated carbocycles. The fourth-order valence-corrected chi connectivity index (χ4v) is 2.17. The maximum absolute atomic E-state index is 8.64. The summed E-state index contributed by atoms with van der Waals surface area (Å²) in [6.45, 7) is 0.149. The van der Waals surface area contributed by atoms with E-state index >= 15 is 0 Å². The quantitative estimate of drug-likeness (QED) is 0.684. The van der Waals surface area contributed by atoms with E-state index in [1.165, 1.54) is 16.1 Å². The molecule has 0 aliphatic heterocycles. The monoisotopic (exact) mass is 213 g/mol. The third-order valence-corrected chi connectivity index (χ3v) is 2.81. The maximum atomic E-state index is 8.64. The van der Waals surface area contributed by atoms with Crippen molar-refractivity contribution in [1.29, 1.82) is 0 Å². The highest BCUT2D eigenvalue weighted by atomic mass is 32.1. The van der Waals surface area contributed by atoms with Gasteiger partial charge in [-0.1, -0.05) is 0 Å². The van der Waals surface area contributed by atoms with E-state index in [2.05, 4.69) is 0 Å². The fourth-order valence-electron chi connectivity index (χ4n) is 1.28. The normalized spacial score (nSPS) is 10.9. The first kappa shape index (κ1) is 9.17. The Bertz CT molecular complexity index is 449. The second-order valence-electron chi connectivity index (χ2n) is 2.79. The Balaban J connectivity index is 2.50. The maximum Gasteiger partial charge on any atom is 0.165 e. The minimum Gasteiger partial charge on any atom is -0.409 e. The molecule has 0 aliphatic rings. The van der Waals surface area contributed by atoms with E-state index in [-0.39, 0.29) is 13.2 Å². The van der Waals surface area contributed by atoms with Gasteiger partial charge in [-0.05, 0) is 11.4 Å². The van der Waals surface area contributed by atoms with Crippen LogP contribution in [0.4, 0.5) is 11.5 Å². The lowest BCUT2D eigenvalue weighted by atomic mass is 10.3. The molecule has 0 bridgehead atoms. The molecule has 6 heteroatoms. The lowest BCUT2D eigenvalue weighted by Gasteiger charge is -2.07. The Morgan fingerprint density at radius 3 is 3.00 bits per heavy atom. The lowest BCUT2D eigenvalue weighted by molar-refractivity contribution is 0.0876. The van der Waals surface area contributed by atoms with Gasteiger partial charge in [0.1, 0.15) is 11.4 Å². The molecule has 2 aromatic rings. The van der Waals surface area contributed by atoms with Crippen LogP contribution >= 0.6 is 11.3 Å². The molecule has 0 radical (unpaired) electrons. The molecule has 0 unspecified atom stereocenters. The standard InChI is InChI=1S/C8H11N3O2S/c9-6-5-1-4-14-8(5)11(7(6)10)13-3-2-12/h1,4,12H,2-3,9-10H2. The largest absolute Gasteiger partial charge is 0.409 e. The molecule has 0 fully saturated rings. The van der Waals surface area contributed by atoms with Crippen LogP contribution in [0.15, 0.2) is 11.4 Å². The zero-order chi connectivity index (χ0) is 10.1. The molecule has 2 rings (SSSR count). The number of hydrogen-bond acceptors (Lipinski definition) is 5.